The van der Waals surface area contributed by atoms with Crippen LogP contribution in [0.1, 0.15) is 45.4 Å². The molecule has 1 rings (SSSR count). The number of aliphatic hydroxyl groups excluding tert-OH is 1. The molecule has 3 nitrogen and oxygen atoms in total. The SMILES string of the molecule is CC(O)/C=C/C=C\C[C@H]1C[C@H]1C/C=C\CCCC(=O)O. The highest BCUT2D eigenvalue weighted by Crippen LogP contribution is 2.44. The molecule has 0 aromatic rings. The van der Waals surface area contributed by atoms with Gasteiger partial charge in [0.25, 0.3) is 0 Å². The predicted molar refractivity (Wildman–Crippen MR) is 81.4 cm³/mol. The van der Waals surface area contributed by atoms with Crippen LogP contribution in [-0.4, -0.2) is 22.3 Å². The van der Waals surface area contributed by atoms with Crippen LogP contribution in [0.15, 0.2) is 36.5 Å². The van der Waals surface area contributed by atoms with Crippen molar-refractivity contribution >= 4 is 5.97 Å². The second kappa shape index (κ2) is 9.54. The van der Waals surface area contributed by atoms with E-state index in [1.807, 2.05) is 12.2 Å². The summed E-state index contributed by atoms with van der Waals surface area (Å²) in [5, 5.41) is 17.5. The van der Waals surface area contributed by atoms with Gasteiger partial charge < -0.3 is 10.2 Å². The molecule has 3 atom stereocenters. The minimum Gasteiger partial charge on any atom is -0.481 e. The van der Waals surface area contributed by atoms with Crippen LogP contribution < -0.4 is 0 Å². The lowest BCUT2D eigenvalue weighted by Crippen LogP contribution is -1.92. The zero-order chi connectivity index (χ0) is 14.8. The Morgan fingerprint density at radius 2 is 1.90 bits per heavy atom. The fraction of sp³-hybridized carbons (Fsp3) is 0.588. The first kappa shape index (κ1) is 16.7. The summed E-state index contributed by atoms with van der Waals surface area (Å²) < 4.78 is 0. The molecule has 20 heavy (non-hydrogen) atoms. The monoisotopic (exact) mass is 278 g/mol. The molecule has 112 valence electrons. The number of carboxylic acid groups (broad SMARTS) is 1. The molecule has 1 aliphatic carbocycles. The van der Waals surface area contributed by atoms with Gasteiger partial charge in [-0.2, -0.15) is 0 Å². The Balaban J connectivity index is 2.00. The molecule has 3 heteroatoms. The minimum absolute atomic E-state index is 0.265. The van der Waals surface area contributed by atoms with Crippen LogP contribution in [0.2, 0.25) is 0 Å². The molecule has 1 fully saturated rings. The highest BCUT2D eigenvalue weighted by molar-refractivity contribution is 5.66. The second-order valence-corrected chi connectivity index (χ2v) is 5.54. The normalized spacial score (nSPS) is 23.9. The van der Waals surface area contributed by atoms with Crippen LogP contribution in [0.4, 0.5) is 0 Å². The molecular formula is C17H26O3. The fourth-order valence-electron chi connectivity index (χ4n) is 2.20. The first-order valence-electron chi connectivity index (χ1n) is 7.47. The van der Waals surface area contributed by atoms with Gasteiger partial charge in [0.15, 0.2) is 0 Å². The molecule has 0 radical (unpaired) electrons. The van der Waals surface area contributed by atoms with Crippen molar-refractivity contribution in [1.29, 1.82) is 0 Å². The highest BCUT2D eigenvalue weighted by atomic mass is 16.4. The van der Waals surface area contributed by atoms with Gasteiger partial charge in [-0.25, -0.2) is 0 Å². The summed E-state index contributed by atoms with van der Waals surface area (Å²) in [4.78, 5) is 10.3. The number of hydrogen-bond acceptors (Lipinski definition) is 2. The fourth-order valence-corrected chi connectivity index (χ4v) is 2.20. The van der Waals surface area contributed by atoms with Crippen LogP contribution >= 0.6 is 0 Å². The molecule has 0 spiro atoms. The van der Waals surface area contributed by atoms with Crippen molar-refractivity contribution in [2.24, 2.45) is 11.8 Å². The third kappa shape index (κ3) is 8.70. The van der Waals surface area contributed by atoms with E-state index in [0.29, 0.717) is 0 Å². The first-order valence-corrected chi connectivity index (χ1v) is 7.47. The molecule has 0 bridgehead atoms. The molecule has 0 aromatic carbocycles. The summed E-state index contributed by atoms with van der Waals surface area (Å²) >= 11 is 0. The van der Waals surface area contributed by atoms with Crippen LogP contribution in [0.5, 0.6) is 0 Å². The molecule has 1 aliphatic rings. The van der Waals surface area contributed by atoms with Crippen molar-refractivity contribution in [2.45, 2.75) is 51.6 Å². The van der Waals surface area contributed by atoms with E-state index in [0.717, 1.165) is 37.5 Å². The maximum absolute atomic E-state index is 10.3. The molecule has 1 unspecified atom stereocenters. The summed E-state index contributed by atoms with van der Waals surface area (Å²) in [5.74, 6) is 0.892. The molecule has 0 aromatic heterocycles. The zero-order valence-corrected chi connectivity index (χ0v) is 12.2. The van der Waals surface area contributed by atoms with Crippen LogP contribution in [0, 0.1) is 11.8 Å². The maximum Gasteiger partial charge on any atom is 0.303 e. The zero-order valence-electron chi connectivity index (χ0n) is 12.2. The van der Waals surface area contributed by atoms with E-state index < -0.39 is 5.97 Å². The van der Waals surface area contributed by atoms with Gasteiger partial charge in [0.1, 0.15) is 0 Å². The van der Waals surface area contributed by atoms with E-state index in [9.17, 15) is 4.79 Å². The highest BCUT2D eigenvalue weighted by Gasteiger charge is 2.34. The predicted octanol–water partition coefficient (Wildman–Crippen LogP) is 3.71. The number of aliphatic hydroxyl groups is 1. The van der Waals surface area contributed by atoms with Crippen molar-refractivity contribution in [3.8, 4) is 0 Å². The Bertz CT molecular complexity index is 366. The Labute approximate surface area is 121 Å². The number of aliphatic carboxylic acids is 1. The van der Waals surface area contributed by atoms with Gasteiger partial charge in [-0.1, -0.05) is 36.5 Å². The van der Waals surface area contributed by atoms with Crippen LogP contribution in [0.25, 0.3) is 0 Å². The van der Waals surface area contributed by atoms with Gasteiger partial charge in [-0.15, -0.1) is 0 Å². The lowest BCUT2D eigenvalue weighted by atomic mass is 10.1. The Hall–Kier alpha value is -1.35. The van der Waals surface area contributed by atoms with Gasteiger partial charge in [0.05, 0.1) is 6.10 Å². The third-order valence-electron chi connectivity index (χ3n) is 3.51. The van der Waals surface area contributed by atoms with Crippen molar-refractivity contribution in [3.63, 3.8) is 0 Å². The average molecular weight is 278 g/mol. The lowest BCUT2D eigenvalue weighted by Gasteiger charge is -1.93. The first-order chi connectivity index (χ1) is 9.59. The lowest BCUT2D eigenvalue weighted by molar-refractivity contribution is -0.137. The van der Waals surface area contributed by atoms with Gasteiger partial charge in [0.2, 0.25) is 0 Å². The molecule has 1 saturated carbocycles. The molecular weight excluding hydrogens is 252 g/mol. The van der Waals surface area contributed by atoms with Crippen molar-refractivity contribution < 1.29 is 15.0 Å². The standard InChI is InChI=1S/C17H26O3/c1-14(18)9-5-4-7-11-16-13-15(16)10-6-2-3-8-12-17(19)20/h2,4-7,9,14-16,18H,3,8,10-13H2,1H3,(H,19,20)/b6-2-,7-4-,9-5+/t14?,15-,16+/m1/s1. The van der Waals surface area contributed by atoms with Gasteiger partial charge >= 0.3 is 5.97 Å². The van der Waals surface area contributed by atoms with Gasteiger partial charge in [-0.3, -0.25) is 4.79 Å². The quantitative estimate of drug-likeness (QED) is 0.364. The maximum atomic E-state index is 10.3. The summed E-state index contributed by atoms with van der Waals surface area (Å²) in [6.45, 7) is 1.74. The smallest absolute Gasteiger partial charge is 0.303 e. The number of carboxylic acids is 1. The van der Waals surface area contributed by atoms with Gasteiger partial charge in [0, 0.05) is 6.42 Å². The third-order valence-corrected chi connectivity index (χ3v) is 3.51. The summed E-state index contributed by atoms with van der Waals surface area (Å²) in [6, 6.07) is 0. The Kier molecular flexibility index (Phi) is 7.97. The molecule has 0 heterocycles. The molecule has 0 saturated heterocycles. The van der Waals surface area contributed by atoms with E-state index in [2.05, 4.69) is 18.2 Å². The number of rotatable bonds is 10. The van der Waals surface area contributed by atoms with E-state index in [1.54, 1.807) is 13.0 Å². The van der Waals surface area contributed by atoms with E-state index >= 15 is 0 Å². The van der Waals surface area contributed by atoms with Gasteiger partial charge in [-0.05, 0) is 50.9 Å². The summed E-state index contributed by atoms with van der Waals surface area (Å²) in [7, 11) is 0. The second-order valence-electron chi connectivity index (χ2n) is 5.54. The Morgan fingerprint density at radius 1 is 1.20 bits per heavy atom. The Morgan fingerprint density at radius 3 is 2.55 bits per heavy atom. The largest absolute Gasteiger partial charge is 0.481 e. The topological polar surface area (TPSA) is 57.5 Å². The summed E-state index contributed by atoms with van der Waals surface area (Å²) in [5.41, 5.74) is 0. The van der Waals surface area contributed by atoms with Crippen LogP contribution in [-0.2, 0) is 4.79 Å². The summed E-state index contributed by atoms with van der Waals surface area (Å²) in [6.07, 6.45) is 17.2. The number of hydrogen-bond donors (Lipinski definition) is 2. The molecule has 0 amide bonds. The van der Waals surface area contributed by atoms with E-state index in [4.69, 9.17) is 10.2 Å². The molecule has 2 N–H and O–H groups in total. The van der Waals surface area contributed by atoms with E-state index in [1.165, 1.54) is 6.42 Å². The van der Waals surface area contributed by atoms with E-state index in [-0.39, 0.29) is 12.5 Å². The van der Waals surface area contributed by atoms with Crippen molar-refractivity contribution in [2.75, 3.05) is 0 Å². The van der Waals surface area contributed by atoms with Crippen molar-refractivity contribution in [1.82, 2.24) is 0 Å². The minimum atomic E-state index is -0.711. The van der Waals surface area contributed by atoms with Crippen LogP contribution in [0.3, 0.4) is 0 Å². The average Bonchev–Trinajstić information content (AvgIpc) is 3.11. The number of allylic oxidation sites excluding steroid dienone is 5. The van der Waals surface area contributed by atoms with Crippen molar-refractivity contribution in [3.05, 3.63) is 36.5 Å². The molecule has 0 aliphatic heterocycles. The number of unbranched alkanes of at least 4 members (excludes halogenated alkanes) is 1. The number of carbonyl (C=O) groups is 1.